The number of nitrogen functional groups attached to an aromatic ring is 1. The highest BCUT2D eigenvalue weighted by Gasteiger charge is 2.46. The van der Waals surface area contributed by atoms with Crippen LogP contribution in [-0.4, -0.2) is 45.3 Å². The molecule has 1 atom stereocenters. The molecule has 8 nitrogen and oxygen atoms in total. The number of amides is 1. The molecule has 2 fully saturated rings. The molecular weight excluding hydrogens is 443 g/mol. The van der Waals surface area contributed by atoms with Gasteiger partial charge in [0.15, 0.2) is 0 Å². The number of hydrogen-bond acceptors (Lipinski definition) is 6. The molecule has 0 unspecified atom stereocenters. The third-order valence-corrected chi connectivity index (χ3v) is 7.24. The molecule has 0 bridgehead atoms. The second kappa shape index (κ2) is 9.99. The second-order valence-electron chi connectivity index (χ2n) is 9.15. The van der Waals surface area contributed by atoms with Crippen LogP contribution < -0.4 is 16.8 Å². The Hall–Kier alpha value is -2.17. The maximum atomic E-state index is 15.2. The minimum Gasteiger partial charge on any atom is -0.398 e. The van der Waals surface area contributed by atoms with Gasteiger partial charge in [0.25, 0.3) is 0 Å². The van der Waals surface area contributed by atoms with Crippen LogP contribution in [0.15, 0.2) is 6.07 Å². The quantitative estimate of drug-likeness (QED) is 0.198. The van der Waals surface area contributed by atoms with E-state index in [2.05, 4.69) is 21.7 Å². The Morgan fingerprint density at radius 2 is 1.97 bits per heavy atom. The summed E-state index contributed by atoms with van der Waals surface area (Å²) in [5, 5.41) is 7.16. The van der Waals surface area contributed by atoms with Crippen LogP contribution in [0.25, 0.3) is 11.1 Å². The fourth-order valence-corrected chi connectivity index (χ4v) is 4.96. The van der Waals surface area contributed by atoms with Gasteiger partial charge in [0.1, 0.15) is 18.3 Å². The summed E-state index contributed by atoms with van der Waals surface area (Å²) in [6.07, 6.45) is 6.60. The summed E-state index contributed by atoms with van der Waals surface area (Å²) in [6, 6.07) is 0.866. The highest BCUT2D eigenvalue weighted by Crippen LogP contribution is 2.50. The van der Waals surface area contributed by atoms with Gasteiger partial charge in [0.2, 0.25) is 11.9 Å². The molecule has 33 heavy (non-hydrogen) atoms. The summed E-state index contributed by atoms with van der Waals surface area (Å²) < 4.78 is 22.5. The van der Waals surface area contributed by atoms with Crippen molar-refractivity contribution in [3.63, 3.8) is 0 Å². The molecular formula is C23H34FN6O2S+. The first-order valence-corrected chi connectivity index (χ1v) is 13.0. The molecule has 0 spiro atoms. The first-order valence-electron chi connectivity index (χ1n) is 11.5. The maximum absolute atomic E-state index is 15.2. The zero-order valence-electron chi connectivity index (χ0n) is 19.5. The predicted molar refractivity (Wildman–Crippen MR) is 130 cm³/mol. The maximum Gasteiger partial charge on any atom is 0.242 e. The molecule has 0 saturated heterocycles. The van der Waals surface area contributed by atoms with Gasteiger partial charge in [-0.15, -0.1) is 0 Å². The molecule has 1 amide bonds. The van der Waals surface area contributed by atoms with E-state index in [0.717, 1.165) is 37.1 Å². The smallest absolute Gasteiger partial charge is 0.242 e. The Kier molecular flexibility index (Phi) is 7.25. The van der Waals surface area contributed by atoms with Gasteiger partial charge in [-0.25, -0.2) is 9.67 Å². The molecule has 2 aliphatic rings. The topological polar surface area (TPSA) is 121 Å². The normalized spacial score (nSPS) is 16.9. The Bertz CT molecular complexity index is 986. The molecule has 180 valence electrons. The number of pyridine rings is 1. The van der Waals surface area contributed by atoms with Crippen LogP contribution in [0.2, 0.25) is 0 Å². The van der Waals surface area contributed by atoms with E-state index in [1.165, 1.54) is 17.8 Å². The van der Waals surface area contributed by atoms with Crippen LogP contribution in [0.1, 0.15) is 37.1 Å². The van der Waals surface area contributed by atoms with E-state index < -0.39 is 12.0 Å². The van der Waals surface area contributed by atoms with E-state index in [-0.39, 0.29) is 35.6 Å². The number of rotatable bonds is 11. The van der Waals surface area contributed by atoms with Crippen LogP contribution in [0.5, 0.6) is 0 Å². The molecule has 0 aliphatic heterocycles. The Morgan fingerprint density at radius 3 is 2.55 bits per heavy atom. The van der Waals surface area contributed by atoms with E-state index in [1.54, 1.807) is 11.6 Å². The number of aromatic nitrogens is 3. The van der Waals surface area contributed by atoms with Gasteiger partial charge in [-0.05, 0) is 69.0 Å². The van der Waals surface area contributed by atoms with E-state index in [0.29, 0.717) is 29.7 Å². The largest absolute Gasteiger partial charge is 0.398 e. The lowest BCUT2D eigenvalue weighted by Crippen LogP contribution is -2.44. The van der Waals surface area contributed by atoms with E-state index >= 15 is 4.39 Å². The Morgan fingerprint density at radius 1 is 1.30 bits per heavy atom. The van der Waals surface area contributed by atoms with Crippen LogP contribution >= 0.6 is 0 Å². The highest BCUT2D eigenvalue weighted by atomic mass is 32.2. The lowest BCUT2D eigenvalue weighted by atomic mass is 9.89. The van der Waals surface area contributed by atoms with Crippen LogP contribution in [-0.2, 0) is 28.0 Å². The fourth-order valence-electron chi connectivity index (χ4n) is 4.65. The monoisotopic (exact) mass is 477 g/mol. The molecule has 2 heterocycles. The molecule has 10 heteroatoms. The van der Waals surface area contributed by atoms with Crippen molar-refractivity contribution in [2.45, 2.75) is 52.3 Å². The van der Waals surface area contributed by atoms with E-state index in [1.807, 2.05) is 6.92 Å². The van der Waals surface area contributed by atoms with E-state index in [4.69, 9.17) is 16.2 Å². The minimum absolute atomic E-state index is 0.0734. The molecule has 2 saturated carbocycles. The Balaban J connectivity index is 1.50. The summed E-state index contributed by atoms with van der Waals surface area (Å²) in [5.41, 5.74) is 14.9. The molecule has 2 aromatic rings. The number of hydrogen-bond donors (Lipinski definition) is 3. The summed E-state index contributed by atoms with van der Waals surface area (Å²) in [7, 11) is 0. The van der Waals surface area contributed by atoms with Gasteiger partial charge >= 0.3 is 0 Å². The SMILES string of the molecule is C[SH+]CCOCn1nc(C)c(-c2c(N)cc(NC(=O)[C@@H](N)C(C3CC3)C3CC3)nc2F)c1C. The van der Waals surface area contributed by atoms with E-state index in [9.17, 15) is 4.79 Å². The standard InChI is InChI=1S/C23H33FN6O2S/c1-12-18(13(2)30(29-12)11-32-8-9-33-3)20-16(25)10-17(27-22(20)24)28-23(31)21(26)19(14-4-5-14)15-6-7-15/h10,14-15,19,21H,4-9,11,26H2,1-3H3,(H3,25,27,28,31)/p+1/t21-/m0/s1. The molecule has 2 aromatic heterocycles. The van der Waals surface area contributed by atoms with Crippen molar-refractivity contribution in [2.24, 2.45) is 23.5 Å². The number of nitrogens with one attached hydrogen (secondary N) is 1. The highest BCUT2D eigenvalue weighted by molar-refractivity contribution is 7.77. The number of ether oxygens (including phenoxy) is 1. The third kappa shape index (κ3) is 5.33. The van der Waals surface area contributed by atoms with Crippen molar-refractivity contribution in [2.75, 3.05) is 29.7 Å². The molecule has 0 aromatic carbocycles. The Labute approximate surface area is 198 Å². The molecule has 5 N–H and O–H groups in total. The predicted octanol–water partition coefficient (Wildman–Crippen LogP) is 2.40. The average molecular weight is 478 g/mol. The summed E-state index contributed by atoms with van der Waals surface area (Å²) in [5.74, 6) is 1.19. The van der Waals surface area contributed by atoms with Gasteiger partial charge in [-0.3, -0.25) is 4.79 Å². The number of carbonyl (C=O) groups excluding carboxylic acids is 1. The van der Waals surface area contributed by atoms with Crippen LogP contribution in [0.4, 0.5) is 15.9 Å². The van der Waals surface area contributed by atoms with Gasteiger partial charge in [-0.2, -0.15) is 9.49 Å². The average Bonchev–Trinajstić information content (AvgIpc) is 3.68. The fraction of sp³-hybridized carbons (Fsp3) is 0.609. The molecule has 2 aliphatic carbocycles. The van der Waals surface area contributed by atoms with Gasteiger partial charge in [-0.1, -0.05) is 0 Å². The summed E-state index contributed by atoms with van der Waals surface area (Å²) in [4.78, 5) is 16.8. The summed E-state index contributed by atoms with van der Waals surface area (Å²) in [6.45, 7) is 4.56. The number of nitrogens with zero attached hydrogens (tertiary/aromatic N) is 3. The van der Waals surface area contributed by atoms with Gasteiger partial charge in [0, 0.05) is 23.0 Å². The number of anilines is 2. The van der Waals surface area contributed by atoms with Crippen molar-refractivity contribution in [1.82, 2.24) is 14.8 Å². The van der Waals surface area contributed by atoms with Crippen molar-refractivity contribution < 1.29 is 13.9 Å². The van der Waals surface area contributed by atoms with Gasteiger partial charge in [0.05, 0.1) is 30.2 Å². The lowest BCUT2D eigenvalue weighted by Gasteiger charge is -2.22. The lowest BCUT2D eigenvalue weighted by molar-refractivity contribution is -0.118. The van der Waals surface area contributed by atoms with Gasteiger partial charge < -0.3 is 21.5 Å². The van der Waals surface area contributed by atoms with Crippen molar-refractivity contribution in [1.29, 1.82) is 0 Å². The number of halogens is 1. The zero-order valence-corrected chi connectivity index (χ0v) is 20.4. The second-order valence-corrected chi connectivity index (χ2v) is 10.2. The zero-order chi connectivity index (χ0) is 23.7. The number of carbonyl (C=O) groups is 1. The first-order chi connectivity index (χ1) is 15.8. The van der Waals surface area contributed by atoms with Crippen molar-refractivity contribution >= 4 is 29.2 Å². The third-order valence-electron chi connectivity index (χ3n) is 6.61. The number of thiol groups is 1. The first kappa shape index (κ1) is 24.0. The minimum atomic E-state index is -0.753. The molecule has 4 rings (SSSR count). The molecule has 0 radical (unpaired) electrons. The summed E-state index contributed by atoms with van der Waals surface area (Å²) >= 11 is 1.26. The number of aryl methyl sites for hydroxylation is 1. The van der Waals surface area contributed by atoms with Crippen LogP contribution in [0, 0.1) is 37.5 Å². The number of nitrogens with two attached hydrogens (primary N) is 2. The van der Waals surface area contributed by atoms with Crippen molar-refractivity contribution in [3.8, 4) is 11.1 Å². The van der Waals surface area contributed by atoms with Crippen LogP contribution in [0.3, 0.4) is 0 Å². The van der Waals surface area contributed by atoms with Crippen molar-refractivity contribution in [3.05, 3.63) is 23.4 Å².